The number of piperidine rings is 2. The van der Waals surface area contributed by atoms with Crippen molar-refractivity contribution in [2.75, 3.05) is 118 Å². The Morgan fingerprint density at radius 1 is 0.674 bits per heavy atom. The molecule has 4 bridgehead atoms. The monoisotopic (exact) mass is 1270 g/mol. The van der Waals surface area contributed by atoms with Crippen LogP contribution in [0.15, 0.2) is 97.5 Å². The van der Waals surface area contributed by atoms with Crippen molar-refractivity contribution in [3.05, 3.63) is 109 Å². The average Bonchev–Trinajstić information content (AvgIpc) is 1.56. The highest BCUT2D eigenvalue weighted by Gasteiger charge is 2.46. The third-order valence-corrected chi connectivity index (χ3v) is 16.6. The van der Waals surface area contributed by atoms with E-state index < -0.39 is 36.7 Å². The summed E-state index contributed by atoms with van der Waals surface area (Å²) in [6.45, 7) is 3.95. The van der Waals surface area contributed by atoms with Crippen LogP contribution in [0.5, 0.6) is 11.5 Å². The number of fused-ring (bicyclic) bond motifs is 3. The maximum atomic E-state index is 16.2. The van der Waals surface area contributed by atoms with Gasteiger partial charge in [0.05, 0.1) is 114 Å². The Morgan fingerprint density at radius 2 is 1.37 bits per heavy atom. The summed E-state index contributed by atoms with van der Waals surface area (Å²) < 4.78 is 53.6. The van der Waals surface area contributed by atoms with E-state index >= 15 is 4.39 Å². The number of hydrogen-bond acceptors (Lipinski definition) is 18. The third kappa shape index (κ3) is 15.2. The number of carbonyl (C=O) groups excluding carboxylic acids is 5. The molecular weight excluding hydrogens is 1190 g/mol. The summed E-state index contributed by atoms with van der Waals surface area (Å²) >= 11 is 0. The minimum absolute atomic E-state index is 0.00322. The van der Waals surface area contributed by atoms with Gasteiger partial charge >= 0.3 is 11.9 Å². The largest absolute Gasteiger partial charge is 0.480 e. The molecule has 0 unspecified atom stereocenters. The number of nitrogen functional groups attached to an aromatic ring is 1. The number of carboxylic acids is 1. The number of benzene rings is 4. The molecule has 0 aliphatic carbocycles. The smallest absolute Gasteiger partial charge is 0.340 e. The first kappa shape index (κ1) is 64.2. The second kappa shape index (κ2) is 30.2. The van der Waals surface area contributed by atoms with Gasteiger partial charge in [-0.25, -0.2) is 23.8 Å². The van der Waals surface area contributed by atoms with Gasteiger partial charge in [-0.05, 0) is 73.0 Å². The topological polar surface area (TPSA) is 323 Å². The quantitative estimate of drug-likeness (QED) is 0.0288. The Morgan fingerprint density at radius 3 is 2.10 bits per heavy atom. The molecule has 484 valence electrons. The fourth-order valence-electron chi connectivity index (χ4n) is 12.1. The zero-order valence-electron chi connectivity index (χ0n) is 50.8. The van der Waals surface area contributed by atoms with Gasteiger partial charge in [0.1, 0.15) is 66.9 Å². The average molecular weight is 1270 g/mol. The molecule has 27 nitrogen and oxygen atoms in total. The summed E-state index contributed by atoms with van der Waals surface area (Å²) in [4.78, 5) is 89.4. The highest BCUT2D eigenvalue weighted by Crippen LogP contribution is 2.43. The number of likely N-dealkylation sites (tertiary alicyclic amines) is 1. The summed E-state index contributed by atoms with van der Waals surface area (Å²) in [6, 6.07) is 25.5. The maximum absolute atomic E-state index is 16.2. The Hall–Kier alpha value is -9.32. The zero-order valence-corrected chi connectivity index (χ0v) is 50.8. The van der Waals surface area contributed by atoms with Gasteiger partial charge in [0.2, 0.25) is 23.6 Å². The van der Waals surface area contributed by atoms with Crippen molar-refractivity contribution < 1.29 is 66.7 Å². The predicted molar refractivity (Wildman–Crippen MR) is 334 cm³/mol. The Kier molecular flexibility index (Phi) is 21.1. The molecule has 2 saturated heterocycles. The number of aromatic nitrogens is 8. The van der Waals surface area contributed by atoms with E-state index in [0.717, 1.165) is 24.2 Å². The lowest BCUT2D eigenvalue weighted by Crippen LogP contribution is -2.65. The maximum Gasteiger partial charge on any atom is 0.340 e. The van der Waals surface area contributed by atoms with Crippen LogP contribution in [0, 0.1) is 5.82 Å². The Bertz CT molecular complexity index is 3930. The van der Waals surface area contributed by atoms with Gasteiger partial charge < -0.3 is 60.1 Å². The van der Waals surface area contributed by atoms with E-state index in [9.17, 15) is 28.8 Å². The molecule has 28 heteroatoms. The van der Waals surface area contributed by atoms with Gasteiger partial charge in [-0.2, -0.15) is 10.2 Å². The van der Waals surface area contributed by atoms with Crippen LogP contribution >= 0.6 is 0 Å². The van der Waals surface area contributed by atoms with Gasteiger partial charge in [-0.15, -0.1) is 9.69 Å². The van der Waals surface area contributed by atoms with Crippen molar-refractivity contribution in [2.45, 2.75) is 63.5 Å². The number of aliphatic carboxylic acids is 1. The number of carboxylic acid groups (broad SMARTS) is 1. The van der Waals surface area contributed by atoms with Crippen LogP contribution in [0.3, 0.4) is 0 Å². The van der Waals surface area contributed by atoms with Crippen LogP contribution in [0.2, 0.25) is 0 Å². The molecule has 2 fully saturated rings. The van der Waals surface area contributed by atoms with E-state index in [0.29, 0.717) is 153 Å². The van der Waals surface area contributed by atoms with Crippen molar-refractivity contribution in [1.82, 2.24) is 64.9 Å². The van der Waals surface area contributed by atoms with Crippen LogP contribution in [-0.2, 0) is 59.0 Å². The first-order valence-corrected chi connectivity index (χ1v) is 30.9. The molecular formula is C64H74FN14O13+. The van der Waals surface area contributed by atoms with Crippen molar-refractivity contribution in [3.8, 4) is 33.9 Å². The predicted octanol–water partition coefficient (Wildman–Crippen LogP) is 4.78. The van der Waals surface area contributed by atoms with Crippen molar-refractivity contribution >= 4 is 74.2 Å². The van der Waals surface area contributed by atoms with Crippen LogP contribution in [0.25, 0.3) is 55.2 Å². The number of para-hydroxylation sites is 1. The number of halogens is 1. The van der Waals surface area contributed by atoms with Crippen LogP contribution < -0.4 is 31.0 Å². The normalized spacial score (nSPS) is 16.9. The molecule has 12 rings (SSSR count). The molecule has 6 N–H and O–H groups in total. The second-order valence-electron chi connectivity index (χ2n) is 22.6. The number of quaternary nitrogens is 1. The van der Waals surface area contributed by atoms with E-state index in [4.69, 9.17) is 49.5 Å². The highest BCUT2D eigenvalue weighted by atomic mass is 19.1. The Balaban J connectivity index is 0.540. The zero-order chi connectivity index (χ0) is 64.0. The fraction of sp³-hybridized carbons (Fsp3) is 0.422. The molecule has 4 aliphatic heterocycles. The first-order chi connectivity index (χ1) is 44.8. The molecule has 5 amide bonds. The molecule has 8 aromatic rings. The van der Waals surface area contributed by atoms with Crippen LogP contribution in [0.1, 0.15) is 62.6 Å². The van der Waals surface area contributed by atoms with Crippen LogP contribution in [-0.4, -0.2) is 197 Å². The Labute approximate surface area is 527 Å². The number of nitrogens with zero attached hydrogens (tertiary/aromatic N) is 10. The van der Waals surface area contributed by atoms with Gasteiger partial charge in [-0.1, -0.05) is 35.1 Å². The molecule has 4 aliphatic rings. The molecule has 4 aromatic heterocycles. The van der Waals surface area contributed by atoms with Gasteiger partial charge in [0.15, 0.2) is 5.65 Å². The van der Waals surface area contributed by atoms with Gasteiger partial charge in [-0.3, -0.25) is 28.7 Å². The number of anilines is 1. The highest BCUT2D eigenvalue weighted by molar-refractivity contribution is 6.01. The van der Waals surface area contributed by atoms with Crippen LogP contribution in [0.4, 0.5) is 10.2 Å². The van der Waals surface area contributed by atoms with Crippen molar-refractivity contribution in [2.24, 2.45) is 0 Å². The summed E-state index contributed by atoms with van der Waals surface area (Å²) in [5, 5.41) is 32.8. The molecule has 4 aromatic carbocycles. The molecule has 1 atom stereocenters. The summed E-state index contributed by atoms with van der Waals surface area (Å²) in [6.07, 6.45) is 5.67. The molecule has 0 spiro atoms. The fourth-order valence-corrected chi connectivity index (χ4v) is 12.1. The molecule has 0 saturated carbocycles. The standard InChI is InChI=1S/C64H73FN14O13/c65-50-34-44-36-72-78-52(44)35-49(50)48-9-4-10-51-59(48)61(73-76(51)40-55(82)68-37-54(81)69-38-58(85)86)43-17-22-79(78,23-18-43)57(84)16-15-53(80)67-20-25-88-27-29-90-31-33-91-32-30-89-28-26-87-24-19-56(83)75-21-5-6-45(39-75)77-64-60(63(66)70-41-71-64)62(74-77)42-11-13-47(14-12-42)92-46-7-2-1-3-8-46/h1-4,7-14,34-36,41,43,45H,5-6,15-33,37-40H2,(H5-,66,67,68,69,70,71,74,80,81,82,85,86)/p+1/t43?,45-,79?/m1/s1. The SMILES string of the molecule is Nc1ncnc2c1c(-c1ccc(Oc3ccccc3)cc1)nn2[C@@H]1CCCN(C(=O)CCOCCOCCOCCOCCOCCNC(=O)CCC(=O)[N+]23CCC(CC2)c2nn(CC(=O)NCC(=O)NCC(=O)O)c4cccc(c24)-c2cc4c(cnn43)cc2F)C1. The third-order valence-electron chi connectivity index (χ3n) is 16.6. The molecule has 8 heterocycles. The van der Waals surface area contributed by atoms with E-state index in [1.165, 1.54) is 17.1 Å². The number of hydrogen-bond donors (Lipinski definition) is 5. The van der Waals surface area contributed by atoms with Gasteiger partial charge in [0.25, 0.3) is 0 Å². The lowest BCUT2D eigenvalue weighted by atomic mass is 9.88. The van der Waals surface area contributed by atoms with Gasteiger partial charge in [0, 0.05) is 66.7 Å². The number of ether oxygens (including phenoxy) is 6. The van der Waals surface area contributed by atoms with Crippen molar-refractivity contribution in [3.63, 3.8) is 0 Å². The minimum atomic E-state index is -1.22. The summed E-state index contributed by atoms with van der Waals surface area (Å²) in [5.74, 6) is -1.89. The molecule has 92 heavy (non-hydrogen) atoms. The molecule has 0 radical (unpaired) electrons. The number of amides is 5. The van der Waals surface area contributed by atoms with E-state index in [1.54, 1.807) is 35.3 Å². The lowest BCUT2D eigenvalue weighted by molar-refractivity contribution is -0.141. The number of rotatable bonds is 31. The second-order valence-corrected chi connectivity index (χ2v) is 22.6. The summed E-state index contributed by atoms with van der Waals surface area (Å²) in [5.41, 5.74) is 11.1. The van der Waals surface area contributed by atoms with E-state index in [-0.39, 0.29) is 85.4 Å². The first-order valence-electron chi connectivity index (χ1n) is 30.9. The summed E-state index contributed by atoms with van der Waals surface area (Å²) in [7, 11) is 0. The number of nitrogens with one attached hydrogen (secondary N) is 3. The van der Waals surface area contributed by atoms with Crippen molar-refractivity contribution in [1.29, 1.82) is 0 Å². The van der Waals surface area contributed by atoms with E-state index in [1.807, 2.05) is 64.2 Å². The van der Waals surface area contributed by atoms with E-state index in [2.05, 4.69) is 31.0 Å². The number of nitrogens with two attached hydrogens (primary N) is 1. The minimum Gasteiger partial charge on any atom is -0.480 e. The lowest BCUT2D eigenvalue weighted by Gasteiger charge is -2.39. The number of carbonyl (C=O) groups is 6.